The molecule has 0 saturated carbocycles. The summed E-state index contributed by atoms with van der Waals surface area (Å²) in [6.07, 6.45) is 3.02. The lowest BCUT2D eigenvalue weighted by molar-refractivity contribution is -0.0125. The zero-order valence-electron chi connectivity index (χ0n) is 14.3. The van der Waals surface area contributed by atoms with Gasteiger partial charge in [-0.3, -0.25) is 4.90 Å². The van der Waals surface area contributed by atoms with Crippen LogP contribution in [0.4, 0.5) is 0 Å². The highest BCUT2D eigenvalue weighted by Gasteiger charge is 2.25. The van der Waals surface area contributed by atoms with Gasteiger partial charge in [0, 0.05) is 36.8 Å². The molecule has 132 valence electrons. The maximum atomic E-state index is 5.72. The molecule has 3 heterocycles. The summed E-state index contributed by atoms with van der Waals surface area (Å²) in [4.78, 5) is 10.1. The van der Waals surface area contributed by atoms with Crippen LogP contribution in [0.25, 0.3) is 10.9 Å². The maximum Gasteiger partial charge on any atom is 0.252 e. The van der Waals surface area contributed by atoms with Crippen LogP contribution in [0.2, 0.25) is 0 Å². The minimum atomic E-state index is 0.289. The number of aromatic nitrogens is 3. The van der Waals surface area contributed by atoms with Crippen molar-refractivity contribution in [3.05, 3.63) is 47.7 Å². The molecule has 3 aromatic rings. The molecule has 4 rings (SSSR count). The van der Waals surface area contributed by atoms with E-state index < -0.39 is 0 Å². The van der Waals surface area contributed by atoms with Crippen LogP contribution in [-0.4, -0.2) is 52.9 Å². The van der Waals surface area contributed by atoms with E-state index in [0.717, 1.165) is 19.6 Å². The van der Waals surface area contributed by atoms with Gasteiger partial charge >= 0.3 is 0 Å². The number of ether oxygens (including phenoxy) is 2. The van der Waals surface area contributed by atoms with E-state index in [1.54, 1.807) is 7.11 Å². The molecule has 1 aromatic carbocycles. The van der Waals surface area contributed by atoms with Gasteiger partial charge in [0.05, 0.1) is 19.8 Å². The van der Waals surface area contributed by atoms with Gasteiger partial charge in [0.15, 0.2) is 5.82 Å². The molecule has 0 bridgehead atoms. The van der Waals surface area contributed by atoms with Crippen molar-refractivity contribution >= 4 is 10.9 Å². The molecule has 0 radical (unpaired) electrons. The number of benzene rings is 1. The fraction of sp³-hybridized carbons (Fsp3) is 0.444. The van der Waals surface area contributed by atoms with Crippen LogP contribution >= 0.6 is 0 Å². The quantitative estimate of drug-likeness (QED) is 0.740. The predicted molar refractivity (Wildman–Crippen MR) is 92.0 cm³/mol. The Morgan fingerprint density at radius 3 is 3.20 bits per heavy atom. The zero-order valence-corrected chi connectivity index (χ0v) is 14.3. The summed E-state index contributed by atoms with van der Waals surface area (Å²) in [6, 6.07) is 8.67. The average molecular weight is 342 g/mol. The van der Waals surface area contributed by atoms with Crippen LogP contribution in [-0.2, 0) is 29.0 Å². The first kappa shape index (κ1) is 16.3. The van der Waals surface area contributed by atoms with Crippen molar-refractivity contribution in [1.29, 1.82) is 0 Å². The van der Waals surface area contributed by atoms with Gasteiger partial charge in [-0.15, -0.1) is 0 Å². The van der Waals surface area contributed by atoms with Crippen LogP contribution < -0.4 is 0 Å². The fourth-order valence-corrected chi connectivity index (χ4v) is 3.36. The molecule has 1 unspecified atom stereocenters. The topological polar surface area (TPSA) is 76.4 Å². The Morgan fingerprint density at radius 1 is 1.36 bits per heavy atom. The van der Waals surface area contributed by atoms with Crippen LogP contribution in [0.3, 0.4) is 0 Å². The van der Waals surface area contributed by atoms with Crippen molar-refractivity contribution in [3.8, 4) is 0 Å². The fourth-order valence-electron chi connectivity index (χ4n) is 3.36. The second kappa shape index (κ2) is 7.35. The summed E-state index contributed by atoms with van der Waals surface area (Å²) in [5, 5.41) is 5.33. The summed E-state index contributed by atoms with van der Waals surface area (Å²) in [7, 11) is 1.61. The number of aromatic amines is 1. The Kier molecular flexibility index (Phi) is 4.78. The second-order valence-corrected chi connectivity index (χ2v) is 6.30. The number of rotatable bonds is 6. The van der Waals surface area contributed by atoms with Gasteiger partial charge in [-0.2, -0.15) is 4.98 Å². The number of hydrogen-bond donors (Lipinski definition) is 1. The lowest BCUT2D eigenvalue weighted by atomic mass is 10.0. The number of para-hydroxylation sites is 1. The van der Waals surface area contributed by atoms with Crippen molar-refractivity contribution < 1.29 is 14.0 Å². The Labute approximate surface area is 145 Å². The number of nitrogens with one attached hydrogen (secondary N) is 1. The Hall–Kier alpha value is -2.22. The third kappa shape index (κ3) is 3.58. The summed E-state index contributed by atoms with van der Waals surface area (Å²) in [5.41, 5.74) is 2.48. The number of methoxy groups -OCH3 is 1. The van der Waals surface area contributed by atoms with Gasteiger partial charge in [0.1, 0.15) is 6.61 Å². The van der Waals surface area contributed by atoms with Gasteiger partial charge in [-0.25, -0.2) is 0 Å². The SMILES string of the molecule is COCc1nc(CN2CCOCC2Cc2c[nH]c3ccccc23)no1. The molecule has 2 aromatic heterocycles. The number of nitrogens with zero attached hydrogens (tertiary/aromatic N) is 3. The van der Waals surface area contributed by atoms with E-state index in [2.05, 4.69) is 44.4 Å². The smallest absolute Gasteiger partial charge is 0.252 e. The van der Waals surface area contributed by atoms with Crippen LogP contribution in [0, 0.1) is 0 Å². The maximum absolute atomic E-state index is 5.72. The van der Waals surface area contributed by atoms with Gasteiger partial charge in [0.2, 0.25) is 0 Å². The number of hydrogen-bond acceptors (Lipinski definition) is 6. The standard InChI is InChI=1S/C18H22N4O3/c1-23-12-18-20-17(21-25-18)10-22-6-7-24-11-14(22)8-13-9-19-16-5-3-2-4-15(13)16/h2-5,9,14,19H,6-8,10-12H2,1H3. The number of fused-ring (bicyclic) bond motifs is 1. The molecular formula is C18H22N4O3. The molecule has 7 heteroatoms. The molecule has 1 aliphatic rings. The lowest BCUT2D eigenvalue weighted by Gasteiger charge is -2.34. The lowest BCUT2D eigenvalue weighted by Crippen LogP contribution is -2.46. The van der Waals surface area contributed by atoms with Crippen molar-refractivity contribution in [1.82, 2.24) is 20.0 Å². The van der Waals surface area contributed by atoms with Gasteiger partial charge < -0.3 is 19.0 Å². The molecule has 0 amide bonds. The minimum absolute atomic E-state index is 0.289. The van der Waals surface area contributed by atoms with Crippen molar-refractivity contribution in [2.45, 2.75) is 25.6 Å². The van der Waals surface area contributed by atoms with Crippen molar-refractivity contribution in [3.63, 3.8) is 0 Å². The average Bonchev–Trinajstić information content (AvgIpc) is 3.24. The molecule has 0 aliphatic carbocycles. The summed E-state index contributed by atoms with van der Waals surface area (Å²) in [6.45, 7) is 3.30. The van der Waals surface area contributed by atoms with Crippen LogP contribution in [0.1, 0.15) is 17.3 Å². The van der Waals surface area contributed by atoms with Crippen molar-refractivity contribution in [2.24, 2.45) is 0 Å². The van der Waals surface area contributed by atoms with Gasteiger partial charge in [0.25, 0.3) is 5.89 Å². The van der Waals surface area contributed by atoms with E-state index >= 15 is 0 Å². The number of morpholine rings is 1. The molecule has 0 spiro atoms. The molecular weight excluding hydrogens is 320 g/mol. The largest absolute Gasteiger partial charge is 0.378 e. The first-order chi connectivity index (χ1) is 12.3. The normalized spacial score (nSPS) is 18.8. The highest BCUT2D eigenvalue weighted by Crippen LogP contribution is 2.22. The molecule has 7 nitrogen and oxygen atoms in total. The Morgan fingerprint density at radius 2 is 2.28 bits per heavy atom. The first-order valence-electron chi connectivity index (χ1n) is 8.50. The monoisotopic (exact) mass is 342 g/mol. The summed E-state index contributed by atoms with van der Waals surface area (Å²) in [5.74, 6) is 1.21. The molecule has 1 atom stereocenters. The van der Waals surface area contributed by atoms with E-state index in [0.29, 0.717) is 31.5 Å². The third-order valence-electron chi connectivity index (χ3n) is 4.60. The third-order valence-corrected chi connectivity index (χ3v) is 4.60. The Balaban J connectivity index is 1.48. The predicted octanol–water partition coefficient (Wildman–Crippen LogP) is 2.14. The zero-order chi connectivity index (χ0) is 17.1. The minimum Gasteiger partial charge on any atom is -0.378 e. The van der Waals surface area contributed by atoms with E-state index in [1.165, 1.54) is 16.5 Å². The molecule has 1 fully saturated rings. The van der Waals surface area contributed by atoms with Crippen molar-refractivity contribution in [2.75, 3.05) is 26.9 Å². The highest BCUT2D eigenvalue weighted by atomic mass is 16.5. The molecule has 1 N–H and O–H groups in total. The van der Waals surface area contributed by atoms with E-state index in [4.69, 9.17) is 14.0 Å². The van der Waals surface area contributed by atoms with Gasteiger partial charge in [-0.05, 0) is 18.1 Å². The van der Waals surface area contributed by atoms with Gasteiger partial charge in [-0.1, -0.05) is 23.4 Å². The molecule has 25 heavy (non-hydrogen) atoms. The van der Waals surface area contributed by atoms with E-state index in [-0.39, 0.29) is 6.04 Å². The Bertz CT molecular complexity index is 828. The highest BCUT2D eigenvalue weighted by molar-refractivity contribution is 5.83. The van der Waals surface area contributed by atoms with E-state index in [9.17, 15) is 0 Å². The van der Waals surface area contributed by atoms with E-state index in [1.807, 2.05) is 6.07 Å². The first-order valence-corrected chi connectivity index (χ1v) is 8.50. The number of H-pyrrole nitrogens is 1. The summed E-state index contributed by atoms with van der Waals surface area (Å²) >= 11 is 0. The van der Waals surface area contributed by atoms with Crippen LogP contribution in [0.15, 0.2) is 35.0 Å². The van der Waals surface area contributed by atoms with Crippen LogP contribution in [0.5, 0.6) is 0 Å². The summed E-state index contributed by atoms with van der Waals surface area (Å²) < 4.78 is 15.9. The molecule has 1 aliphatic heterocycles. The molecule has 1 saturated heterocycles. The second-order valence-electron chi connectivity index (χ2n) is 6.30.